The molecule has 10 nitrogen and oxygen atoms in total. The maximum absolute atomic E-state index is 12.8. The van der Waals surface area contributed by atoms with Crippen molar-refractivity contribution in [1.29, 1.82) is 0 Å². The third-order valence-corrected chi connectivity index (χ3v) is 7.06. The number of nitrogens with two attached hydrogens (primary N) is 1. The zero-order valence-corrected chi connectivity index (χ0v) is 21.9. The van der Waals surface area contributed by atoms with Crippen molar-refractivity contribution in [2.24, 2.45) is 5.92 Å². The largest absolute Gasteiger partial charge is 0.489 e. The van der Waals surface area contributed by atoms with E-state index in [-0.39, 0.29) is 24.2 Å². The molecule has 1 aromatic heterocycles. The molecule has 0 atom stereocenters. The second-order valence-electron chi connectivity index (χ2n) is 9.96. The predicted molar refractivity (Wildman–Crippen MR) is 151 cm³/mol. The molecule has 1 amide bonds. The van der Waals surface area contributed by atoms with Gasteiger partial charge in [0.15, 0.2) is 0 Å². The van der Waals surface area contributed by atoms with Crippen LogP contribution in [0.4, 0.5) is 23.1 Å². The predicted octanol–water partition coefficient (Wildman–Crippen LogP) is 5.98. The average Bonchev–Trinajstić information content (AvgIpc) is 3.42. The van der Waals surface area contributed by atoms with Crippen LogP contribution in [-0.4, -0.2) is 27.2 Å². The zero-order chi connectivity index (χ0) is 27.9. The molecule has 0 saturated heterocycles. The monoisotopic (exact) mass is 541 g/mol. The van der Waals surface area contributed by atoms with Gasteiger partial charge in [0.2, 0.25) is 0 Å². The van der Waals surface area contributed by atoms with Gasteiger partial charge >= 0.3 is 23.8 Å². The molecule has 206 valence electrons. The van der Waals surface area contributed by atoms with Gasteiger partial charge in [-0.2, -0.15) is 0 Å². The molecule has 1 saturated carbocycles. The number of anilines is 4. The number of amides is 1. The van der Waals surface area contributed by atoms with Gasteiger partial charge in [-0.15, -0.1) is 5.10 Å². The molecule has 0 spiro atoms. The van der Waals surface area contributed by atoms with Gasteiger partial charge in [0.05, 0.1) is 11.4 Å². The van der Waals surface area contributed by atoms with E-state index < -0.39 is 11.9 Å². The summed E-state index contributed by atoms with van der Waals surface area (Å²) >= 11 is 0. The Morgan fingerprint density at radius 2 is 1.77 bits per heavy atom. The van der Waals surface area contributed by atoms with Crippen LogP contribution in [0.3, 0.4) is 0 Å². The number of rotatable bonds is 10. The lowest BCUT2D eigenvalue weighted by molar-refractivity contribution is -0.138. The number of nitrogen functional groups attached to an aromatic ring is 1. The Morgan fingerprint density at radius 1 is 0.975 bits per heavy atom. The van der Waals surface area contributed by atoms with Gasteiger partial charge in [0, 0.05) is 18.2 Å². The number of benzene rings is 3. The van der Waals surface area contributed by atoms with Crippen LogP contribution in [0.5, 0.6) is 5.75 Å². The normalized spacial score (nSPS) is 16.7. The lowest BCUT2D eigenvalue weighted by Crippen LogP contribution is -2.17. The Labute approximate surface area is 231 Å². The van der Waals surface area contributed by atoms with Crippen molar-refractivity contribution >= 4 is 35.0 Å². The third-order valence-electron chi connectivity index (χ3n) is 7.06. The molecule has 1 aliphatic carbocycles. The smallest absolute Gasteiger partial charge is 0.320 e. The van der Waals surface area contributed by atoms with Gasteiger partial charge in [-0.3, -0.25) is 9.59 Å². The van der Waals surface area contributed by atoms with Crippen molar-refractivity contribution in [3.05, 3.63) is 89.8 Å². The van der Waals surface area contributed by atoms with E-state index in [1.807, 2.05) is 60.7 Å². The number of hydrogen-bond donors (Lipinski definition) is 4. The Kier molecular flexibility index (Phi) is 8.24. The standard InChI is InChI=1S/C30H31N5O5/c31-25-16-22(21-11-9-19(10-12-21)15-27(36)37)13-14-26(25)33-28(38)29-34-35-30(40-29)32-23-7-4-8-24(17-23)39-18-20-5-2-1-3-6-20/h1-8,13-14,16-17,19,21H,9-12,15,18,31H2,(H,32,35)(H,33,38)(H,36,37)/t19-,21-. The zero-order valence-electron chi connectivity index (χ0n) is 21.9. The third kappa shape index (κ3) is 6.96. The number of carboxylic acid groups (broad SMARTS) is 1. The first-order valence-electron chi connectivity index (χ1n) is 13.2. The summed E-state index contributed by atoms with van der Waals surface area (Å²) in [6.45, 7) is 0.438. The van der Waals surface area contributed by atoms with Crippen LogP contribution >= 0.6 is 0 Å². The highest BCUT2D eigenvalue weighted by Crippen LogP contribution is 2.38. The van der Waals surface area contributed by atoms with Crippen LogP contribution in [0.1, 0.15) is 59.8 Å². The van der Waals surface area contributed by atoms with Crippen molar-refractivity contribution in [3.8, 4) is 5.75 Å². The molecule has 40 heavy (non-hydrogen) atoms. The number of nitrogens with one attached hydrogen (secondary N) is 2. The minimum Gasteiger partial charge on any atom is -0.489 e. The number of aromatic nitrogens is 2. The van der Waals surface area contributed by atoms with Crippen LogP contribution in [0.2, 0.25) is 0 Å². The molecule has 10 heteroatoms. The number of carboxylic acids is 1. The summed E-state index contributed by atoms with van der Waals surface area (Å²) < 4.78 is 11.4. The summed E-state index contributed by atoms with van der Waals surface area (Å²) in [6, 6.07) is 22.8. The van der Waals surface area contributed by atoms with E-state index in [1.54, 1.807) is 12.1 Å². The molecule has 3 aromatic carbocycles. The van der Waals surface area contributed by atoms with Crippen LogP contribution < -0.4 is 21.1 Å². The topological polar surface area (TPSA) is 153 Å². The molecule has 0 radical (unpaired) electrons. The van der Waals surface area contributed by atoms with E-state index in [1.165, 1.54) is 0 Å². The van der Waals surface area contributed by atoms with Crippen molar-refractivity contribution in [3.63, 3.8) is 0 Å². The highest BCUT2D eigenvalue weighted by atomic mass is 16.5. The second-order valence-corrected chi connectivity index (χ2v) is 9.96. The highest BCUT2D eigenvalue weighted by molar-refractivity contribution is 6.02. The molecule has 1 fully saturated rings. The summed E-state index contributed by atoms with van der Waals surface area (Å²) in [4.78, 5) is 23.7. The average molecular weight is 542 g/mol. The van der Waals surface area contributed by atoms with Crippen LogP contribution in [0.15, 0.2) is 77.2 Å². The molecule has 0 unspecified atom stereocenters. The number of hydrogen-bond acceptors (Lipinski definition) is 8. The Hall–Kier alpha value is -4.86. The number of carbonyl (C=O) groups is 2. The lowest BCUT2D eigenvalue weighted by atomic mass is 9.77. The highest BCUT2D eigenvalue weighted by Gasteiger charge is 2.24. The molecule has 0 bridgehead atoms. The fraction of sp³-hybridized carbons (Fsp3) is 0.267. The minimum atomic E-state index is -0.740. The van der Waals surface area contributed by atoms with Crippen molar-refractivity contribution in [2.45, 2.75) is 44.6 Å². The van der Waals surface area contributed by atoms with Crippen LogP contribution in [0.25, 0.3) is 0 Å². The summed E-state index contributed by atoms with van der Waals surface area (Å²) in [7, 11) is 0. The van der Waals surface area contributed by atoms with Gasteiger partial charge in [0.25, 0.3) is 0 Å². The van der Waals surface area contributed by atoms with E-state index in [0.717, 1.165) is 36.8 Å². The first kappa shape index (κ1) is 26.7. The maximum atomic E-state index is 12.8. The van der Waals surface area contributed by atoms with Gasteiger partial charge in [-0.25, -0.2) is 0 Å². The quantitative estimate of drug-likeness (QED) is 0.178. The molecular formula is C30H31N5O5. The first-order valence-corrected chi connectivity index (χ1v) is 13.2. The van der Waals surface area contributed by atoms with Gasteiger partial charge in [-0.05, 0) is 72.9 Å². The Bertz CT molecular complexity index is 1460. The van der Waals surface area contributed by atoms with Gasteiger partial charge in [0.1, 0.15) is 12.4 Å². The summed E-state index contributed by atoms with van der Waals surface area (Å²) in [5, 5.41) is 22.5. The van der Waals surface area contributed by atoms with Crippen LogP contribution in [0, 0.1) is 5.92 Å². The van der Waals surface area contributed by atoms with E-state index in [4.69, 9.17) is 20.0 Å². The lowest BCUT2D eigenvalue weighted by Gasteiger charge is -2.28. The minimum absolute atomic E-state index is 0.0622. The van der Waals surface area contributed by atoms with Crippen molar-refractivity contribution in [2.75, 3.05) is 16.4 Å². The second kappa shape index (κ2) is 12.3. The van der Waals surface area contributed by atoms with E-state index >= 15 is 0 Å². The van der Waals surface area contributed by atoms with Gasteiger partial charge < -0.3 is 30.6 Å². The Morgan fingerprint density at radius 3 is 2.52 bits per heavy atom. The molecule has 4 aromatic rings. The molecular weight excluding hydrogens is 510 g/mol. The number of ether oxygens (including phenoxy) is 1. The maximum Gasteiger partial charge on any atom is 0.320 e. The fourth-order valence-electron chi connectivity index (χ4n) is 4.97. The van der Waals surface area contributed by atoms with Crippen molar-refractivity contribution in [1.82, 2.24) is 10.2 Å². The number of nitrogens with zero attached hydrogens (tertiary/aromatic N) is 2. The van der Waals surface area contributed by atoms with E-state index in [0.29, 0.717) is 35.3 Å². The number of aliphatic carboxylic acids is 1. The molecule has 1 aliphatic rings. The molecule has 5 N–H and O–H groups in total. The van der Waals surface area contributed by atoms with E-state index in [9.17, 15) is 9.59 Å². The summed E-state index contributed by atoms with van der Waals surface area (Å²) in [5.41, 5.74) is 9.94. The number of carbonyl (C=O) groups excluding carboxylic acids is 1. The summed E-state index contributed by atoms with van der Waals surface area (Å²) in [5.74, 6) is -0.304. The molecule has 1 heterocycles. The molecule has 0 aliphatic heterocycles. The fourth-order valence-corrected chi connectivity index (χ4v) is 4.97. The summed E-state index contributed by atoms with van der Waals surface area (Å²) in [6.07, 6.45) is 3.83. The van der Waals surface area contributed by atoms with Crippen LogP contribution in [-0.2, 0) is 11.4 Å². The van der Waals surface area contributed by atoms with Crippen molar-refractivity contribution < 1.29 is 23.8 Å². The van der Waals surface area contributed by atoms with E-state index in [2.05, 4.69) is 20.8 Å². The SMILES string of the molecule is Nc1cc([C@H]2CC[C@H](CC(=O)O)CC2)ccc1NC(=O)c1nnc(Nc2cccc(OCc3ccccc3)c2)o1. The van der Waals surface area contributed by atoms with Gasteiger partial charge in [-0.1, -0.05) is 47.6 Å². The molecule has 5 rings (SSSR count). The first-order chi connectivity index (χ1) is 19.4. The Balaban J connectivity index is 1.15.